The van der Waals surface area contributed by atoms with Crippen molar-refractivity contribution in [2.75, 3.05) is 25.1 Å². The molecule has 1 N–H and O–H groups in total. The fourth-order valence-corrected chi connectivity index (χ4v) is 6.09. The van der Waals surface area contributed by atoms with Gasteiger partial charge in [0.05, 0.1) is 24.8 Å². The van der Waals surface area contributed by atoms with Crippen LogP contribution in [0.3, 0.4) is 0 Å². The zero-order valence-electron chi connectivity index (χ0n) is 26.5. The Morgan fingerprint density at radius 1 is 0.837 bits per heavy atom. The second-order valence-corrected chi connectivity index (χ2v) is 13.7. The van der Waals surface area contributed by atoms with E-state index in [-0.39, 0.29) is 23.1 Å². The molecule has 10 heteroatoms. The topological polar surface area (TPSA) is 105 Å². The monoisotopic (exact) mass is 609 g/mol. The lowest BCUT2D eigenvalue weighted by atomic mass is 10.1. The summed E-state index contributed by atoms with van der Waals surface area (Å²) in [5, 5.41) is 2.94. The van der Waals surface area contributed by atoms with Crippen molar-refractivity contribution in [3.63, 3.8) is 0 Å². The molecule has 0 saturated carbocycles. The highest BCUT2D eigenvalue weighted by Crippen LogP contribution is 2.33. The Kier molecular flexibility index (Phi) is 10.5. The van der Waals surface area contributed by atoms with E-state index in [0.29, 0.717) is 11.4 Å². The molecular weight excluding hydrogens is 566 g/mol. The minimum atomic E-state index is -4.28. The summed E-state index contributed by atoms with van der Waals surface area (Å²) >= 11 is 0. The number of aryl methyl sites for hydroxylation is 3. The first-order chi connectivity index (χ1) is 20.0. The van der Waals surface area contributed by atoms with Crippen LogP contribution in [0, 0.1) is 20.8 Å². The Balaban J connectivity index is 2.11. The van der Waals surface area contributed by atoms with E-state index >= 15 is 0 Å². The highest BCUT2D eigenvalue weighted by Gasteiger charge is 2.34. The standard InChI is InChI=1S/C33H43N3O6S/c1-22-10-12-26(13-11-22)20-35(25(4)32(38)34-33(5,6)7)31(37)21-36(27-17-23(2)16-24(3)18-27)43(39,40)28-14-15-29(41-8)30(19-28)42-9/h10-19,25H,20-21H2,1-9H3,(H,34,38)/t25-/m0/s1. The van der Waals surface area contributed by atoms with Gasteiger partial charge in [0.1, 0.15) is 12.6 Å². The second-order valence-electron chi connectivity index (χ2n) is 11.8. The summed E-state index contributed by atoms with van der Waals surface area (Å²) in [5.74, 6) is -0.254. The van der Waals surface area contributed by atoms with E-state index < -0.39 is 34.1 Å². The van der Waals surface area contributed by atoms with Crippen molar-refractivity contribution in [1.82, 2.24) is 10.2 Å². The number of methoxy groups -OCH3 is 2. The molecule has 0 bridgehead atoms. The van der Waals surface area contributed by atoms with Gasteiger partial charge in [-0.2, -0.15) is 0 Å². The van der Waals surface area contributed by atoms with E-state index in [1.54, 1.807) is 19.1 Å². The number of carbonyl (C=O) groups is 2. The lowest BCUT2D eigenvalue weighted by Gasteiger charge is -2.33. The fourth-order valence-electron chi connectivity index (χ4n) is 4.67. The molecule has 0 fully saturated rings. The Labute approximate surface area is 255 Å². The average Bonchev–Trinajstić information content (AvgIpc) is 2.93. The van der Waals surface area contributed by atoms with Gasteiger partial charge in [-0.05, 0) is 89.4 Å². The summed E-state index contributed by atoms with van der Waals surface area (Å²) in [6.07, 6.45) is 0. The van der Waals surface area contributed by atoms with Gasteiger partial charge in [-0.15, -0.1) is 0 Å². The minimum absolute atomic E-state index is 0.0688. The van der Waals surface area contributed by atoms with E-state index in [1.165, 1.54) is 37.3 Å². The van der Waals surface area contributed by atoms with Crippen molar-refractivity contribution < 1.29 is 27.5 Å². The maximum absolute atomic E-state index is 14.2. The molecule has 0 aromatic heterocycles. The largest absolute Gasteiger partial charge is 0.493 e. The van der Waals surface area contributed by atoms with Gasteiger partial charge in [-0.3, -0.25) is 13.9 Å². The molecule has 232 valence electrons. The Hall–Kier alpha value is -4.05. The number of carbonyl (C=O) groups excluding carboxylic acids is 2. The molecule has 0 spiro atoms. The fraction of sp³-hybridized carbons (Fsp3) is 0.394. The molecule has 3 rings (SSSR count). The quantitative estimate of drug-likeness (QED) is 0.322. The zero-order chi connectivity index (χ0) is 32.1. The van der Waals surface area contributed by atoms with Gasteiger partial charge in [0, 0.05) is 18.2 Å². The van der Waals surface area contributed by atoms with Crippen molar-refractivity contribution in [3.8, 4) is 11.5 Å². The van der Waals surface area contributed by atoms with Gasteiger partial charge in [0.25, 0.3) is 10.0 Å². The molecule has 0 heterocycles. The Morgan fingerprint density at radius 2 is 1.42 bits per heavy atom. The maximum atomic E-state index is 14.2. The van der Waals surface area contributed by atoms with Crippen LogP contribution in [-0.4, -0.2) is 57.5 Å². The smallest absolute Gasteiger partial charge is 0.264 e. The van der Waals surface area contributed by atoms with Gasteiger partial charge < -0.3 is 19.7 Å². The van der Waals surface area contributed by atoms with Crippen LogP contribution in [-0.2, 0) is 26.2 Å². The molecule has 3 aromatic carbocycles. The highest BCUT2D eigenvalue weighted by molar-refractivity contribution is 7.92. The van der Waals surface area contributed by atoms with E-state index in [0.717, 1.165) is 26.6 Å². The average molecular weight is 610 g/mol. The van der Waals surface area contributed by atoms with Crippen LogP contribution >= 0.6 is 0 Å². The first-order valence-electron chi connectivity index (χ1n) is 14.1. The molecular formula is C33H43N3O6S. The molecule has 9 nitrogen and oxygen atoms in total. The SMILES string of the molecule is COc1ccc(S(=O)(=O)N(CC(=O)N(Cc2ccc(C)cc2)[C@@H](C)C(=O)NC(C)(C)C)c2cc(C)cc(C)c2)cc1OC. The summed E-state index contributed by atoms with van der Waals surface area (Å²) in [6.45, 7) is 12.5. The number of hydrogen-bond donors (Lipinski definition) is 1. The summed E-state index contributed by atoms with van der Waals surface area (Å²) in [4.78, 5) is 28.8. The van der Waals surface area contributed by atoms with Crippen LogP contribution in [0.2, 0.25) is 0 Å². The van der Waals surface area contributed by atoms with Gasteiger partial charge in [-0.25, -0.2) is 8.42 Å². The molecule has 43 heavy (non-hydrogen) atoms. The van der Waals surface area contributed by atoms with Crippen molar-refractivity contribution >= 4 is 27.5 Å². The summed E-state index contributed by atoms with van der Waals surface area (Å²) in [7, 11) is -1.39. The number of nitrogens with one attached hydrogen (secondary N) is 1. The lowest BCUT2D eigenvalue weighted by molar-refractivity contribution is -0.140. The number of anilines is 1. The van der Waals surface area contributed by atoms with Crippen LogP contribution in [0.25, 0.3) is 0 Å². The predicted molar refractivity (Wildman–Crippen MR) is 169 cm³/mol. The van der Waals surface area contributed by atoms with Gasteiger partial charge >= 0.3 is 0 Å². The third-order valence-corrected chi connectivity index (χ3v) is 8.63. The number of benzene rings is 3. The summed E-state index contributed by atoms with van der Waals surface area (Å²) < 4.78 is 40.2. The first-order valence-corrected chi connectivity index (χ1v) is 15.5. The molecule has 0 radical (unpaired) electrons. The molecule has 3 aromatic rings. The van der Waals surface area contributed by atoms with Gasteiger partial charge in [0.2, 0.25) is 11.8 Å². The minimum Gasteiger partial charge on any atom is -0.493 e. The Bertz CT molecular complexity index is 1540. The van der Waals surface area contributed by atoms with E-state index in [9.17, 15) is 18.0 Å². The van der Waals surface area contributed by atoms with Crippen LogP contribution in [0.4, 0.5) is 5.69 Å². The molecule has 2 amide bonds. The molecule has 0 aliphatic rings. The van der Waals surface area contributed by atoms with Gasteiger partial charge in [-0.1, -0.05) is 35.9 Å². The van der Waals surface area contributed by atoms with Crippen molar-refractivity contribution in [1.29, 1.82) is 0 Å². The number of nitrogens with zero attached hydrogens (tertiary/aromatic N) is 2. The zero-order valence-corrected chi connectivity index (χ0v) is 27.3. The number of hydrogen-bond acceptors (Lipinski definition) is 6. The third-order valence-electron chi connectivity index (χ3n) is 6.86. The predicted octanol–water partition coefficient (Wildman–Crippen LogP) is 5.16. The number of ether oxygens (including phenoxy) is 2. The van der Waals surface area contributed by atoms with E-state index in [4.69, 9.17) is 9.47 Å². The second kappa shape index (κ2) is 13.5. The molecule has 0 saturated heterocycles. The molecule has 0 unspecified atom stereocenters. The van der Waals surface area contributed by atoms with Gasteiger partial charge in [0.15, 0.2) is 11.5 Å². The first kappa shape index (κ1) is 33.5. The molecule has 0 aliphatic carbocycles. The van der Waals surface area contributed by atoms with Crippen LogP contribution in [0.15, 0.2) is 65.6 Å². The normalized spacial score (nSPS) is 12.3. The van der Waals surface area contributed by atoms with E-state index in [1.807, 2.05) is 71.9 Å². The van der Waals surface area contributed by atoms with Crippen molar-refractivity contribution in [2.24, 2.45) is 0 Å². The van der Waals surface area contributed by atoms with Crippen LogP contribution < -0.4 is 19.1 Å². The number of rotatable bonds is 11. The number of sulfonamides is 1. The lowest BCUT2D eigenvalue weighted by Crippen LogP contribution is -2.54. The third kappa shape index (κ3) is 8.50. The molecule has 0 aliphatic heterocycles. The van der Waals surface area contributed by atoms with Crippen molar-refractivity contribution in [3.05, 3.63) is 82.9 Å². The highest BCUT2D eigenvalue weighted by atomic mass is 32.2. The Morgan fingerprint density at radius 3 is 1.95 bits per heavy atom. The molecule has 1 atom stereocenters. The summed E-state index contributed by atoms with van der Waals surface area (Å²) in [6, 6.07) is 16.4. The van der Waals surface area contributed by atoms with Crippen molar-refractivity contribution in [2.45, 2.75) is 71.5 Å². The number of amides is 2. The summed E-state index contributed by atoms with van der Waals surface area (Å²) in [5.41, 5.74) is 3.36. The van der Waals surface area contributed by atoms with E-state index in [2.05, 4.69) is 5.32 Å². The maximum Gasteiger partial charge on any atom is 0.264 e. The van der Waals surface area contributed by atoms with Crippen LogP contribution in [0.5, 0.6) is 11.5 Å². The van der Waals surface area contributed by atoms with Crippen LogP contribution in [0.1, 0.15) is 49.9 Å².